The van der Waals surface area contributed by atoms with E-state index in [9.17, 15) is 0 Å². The van der Waals surface area contributed by atoms with Gasteiger partial charge in [-0.15, -0.1) is 0 Å². The molecule has 0 N–H and O–H groups in total. The number of hydrogen-bond acceptors (Lipinski definition) is 1. The zero-order valence-corrected chi connectivity index (χ0v) is 13.9. The molecule has 0 unspecified atom stereocenters. The largest absolute Gasteiger partial charge is 0.375 e. The Bertz CT molecular complexity index is 186. The lowest BCUT2D eigenvalue weighted by Gasteiger charge is -2.02. The molecule has 0 saturated carbocycles. The van der Waals surface area contributed by atoms with Crippen molar-refractivity contribution in [2.45, 2.75) is 96.8 Å². The molecule has 0 aliphatic carbocycles. The Morgan fingerprint density at radius 3 is 1.55 bits per heavy atom. The predicted molar refractivity (Wildman–Crippen MR) is 90.8 cm³/mol. The topological polar surface area (TPSA) is 9.23 Å². The second-order valence-corrected chi connectivity index (χ2v) is 5.87. The molecule has 0 fully saturated rings. The van der Waals surface area contributed by atoms with Gasteiger partial charge in [0.25, 0.3) is 0 Å². The number of ether oxygens (including phenoxy) is 1. The molecule has 0 aliphatic rings. The first kappa shape index (κ1) is 19.7. The van der Waals surface area contributed by atoms with Crippen molar-refractivity contribution in [3.63, 3.8) is 0 Å². The van der Waals surface area contributed by atoms with Gasteiger partial charge in [-0.2, -0.15) is 0 Å². The van der Waals surface area contributed by atoms with Crippen molar-refractivity contribution >= 4 is 0 Å². The van der Waals surface area contributed by atoms with Crippen LogP contribution in [0.2, 0.25) is 0 Å². The first-order valence-corrected chi connectivity index (χ1v) is 8.93. The van der Waals surface area contributed by atoms with Gasteiger partial charge >= 0.3 is 0 Å². The standard InChI is InChI=1S/C19H37O/c1-3-4-5-6-7-8-9-10-11-12-13-14-15-16-17-18-19-20-2/h17-18H,2-16,19H2,1H3/b18-17+. The van der Waals surface area contributed by atoms with Crippen molar-refractivity contribution in [1.82, 2.24) is 0 Å². The Hall–Kier alpha value is -0.300. The first-order chi connectivity index (χ1) is 9.91. The van der Waals surface area contributed by atoms with Crippen LogP contribution in [-0.2, 0) is 4.74 Å². The second-order valence-electron chi connectivity index (χ2n) is 5.87. The highest BCUT2D eigenvalue weighted by atomic mass is 16.5. The maximum Gasteiger partial charge on any atom is 0.0704 e. The fourth-order valence-corrected chi connectivity index (χ4v) is 2.53. The third-order valence-electron chi connectivity index (χ3n) is 3.86. The van der Waals surface area contributed by atoms with Crippen molar-refractivity contribution in [1.29, 1.82) is 0 Å². The number of allylic oxidation sites excluding steroid dienone is 1. The van der Waals surface area contributed by atoms with Crippen LogP contribution < -0.4 is 0 Å². The van der Waals surface area contributed by atoms with Crippen LogP contribution in [0.1, 0.15) is 96.8 Å². The van der Waals surface area contributed by atoms with Crippen LogP contribution in [-0.4, -0.2) is 6.61 Å². The molecule has 0 heterocycles. The smallest absolute Gasteiger partial charge is 0.0704 e. The van der Waals surface area contributed by atoms with Crippen LogP contribution in [0, 0.1) is 7.11 Å². The van der Waals surface area contributed by atoms with E-state index in [1.807, 2.05) is 0 Å². The van der Waals surface area contributed by atoms with Gasteiger partial charge in [-0.05, 0) is 12.8 Å². The quantitative estimate of drug-likeness (QED) is 0.222. The monoisotopic (exact) mass is 281 g/mol. The SMILES string of the molecule is [CH2]OC/C=C/CCCCCCCCCCCCCCC. The Morgan fingerprint density at radius 2 is 1.10 bits per heavy atom. The number of hydrogen-bond donors (Lipinski definition) is 0. The minimum Gasteiger partial charge on any atom is -0.375 e. The van der Waals surface area contributed by atoms with Crippen molar-refractivity contribution in [3.8, 4) is 0 Å². The summed E-state index contributed by atoms with van der Waals surface area (Å²) in [6.07, 6.45) is 24.0. The van der Waals surface area contributed by atoms with Crippen LogP contribution in [0.5, 0.6) is 0 Å². The Morgan fingerprint density at radius 1 is 0.650 bits per heavy atom. The van der Waals surface area contributed by atoms with Crippen LogP contribution in [0.4, 0.5) is 0 Å². The lowest BCUT2D eigenvalue weighted by atomic mass is 10.0. The number of rotatable bonds is 16. The van der Waals surface area contributed by atoms with E-state index in [2.05, 4.69) is 26.2 Å². The van der Waals surface area contributed by atoms with E-state index in [1.165, 1.54) is 89.9 Å². The summed E-state index contributed by atoms with van der Waals surface area (Å²) in [5.74, 6) is 0. The van der Waals surface area contributed by atoms with E-state index in [1.54, 1.807) is 0 Å². The lowest BCUT2D eigenvalue weighted by Crippen LogP contribution is -1.83. The summed E-state index contributed by atoms with van der Waals surface area (Å²) in [6.45, 7) is 2.94. The minimum atomic E-state index is 0.651. The van der Waals surface area contributed by atoms with Gasteiger partial charge in [0.1, 0.15) is 0 Å². The normalized spacial score (nSPS) is 11.5. The van der Waals surface area contributed by atoms with E-state index >= 15 is 0 Å². The Kier molecular flexibility index (Phi) is 18.4. The Labute approximate surface area is 128 Å². The molecule has 1 nitrogen and oxygen atoms in total. The molecular weight excluding hydrogens is 244 g/mol. The van der Waals surface area contributed by atoms with Crippen LogP contribution in [0.25, 0.3) is 0 Å². The second kappa shape index (κ2) is 18.7. The van der Waals surface area contributed by atoms with Gasteiger partial charge in [-0.3, -0.25) is 0 Å². The highest BCUT2D eigenvalue weighted by molar-refractivity contribution is 4.81. The zero-order valence-electron chi connectivity index (χ0n) is 13.9. The highest BCUT2D eigenvalue weighted by Crippen LogP contribution is 2.12. The van der Waals surface area contributed by atoms with Crippen LogP contribution in [0.15, 0.2) is 12.2 Å². The summed E-state index contributed by atoms with van der Waals surface area (Å²) >= 11 is 0. The average molecular weight is 282 g/mol. The molecule has 0 aliphatic heterocycles. The van der Waals surface area contributed by atoms with E-state index < -0.39 is 0 Å². The molecule has 1 radical (unpaired) electrons. The summed E-state index contributed by atoms with van der Waals surface area (Å²) < 4.78 is 4.72. The molecule has 0 amide bonds. The molecule has 0 atom stereocenters. The Balaban J connectivity index is 2.96. The number of unbranched alkanes of at least 4 members (excludes halogenated alkanes) is 13. The van der Waals surface area contributed by atoms with Gasteiger partial charge in [-0.1, -0.05) is 96.1 Å². The molecule has 0 aromatic carbocycles. The molecule has 119 valence electrons. The predicted octanol–water partition coefficient (Wildman–Crippen LogP) is 6.83. The van der Waals surface area contributed by atoms with E-state index in [0.29, 0.717) is 6.61 Å². The lowest BCUT2D eigenvalue weighted by molar-refractivity contribution is 0.281. The molecule has 20 heavy (non-hydrogen) atoms. The van der Waals surface area contributed by atoms with Gasteiger partial charge in [0.15, 0.2) is 0 Å². The van der Waals surface area contributed by atoms with Crippen molar-refractivity contribution in [2.75, 3.05) is 6.61 Å². The molecular formula is C19H37O. The third-order valence-corrected chi connectivity index (χ3v) is 3.86. The first-order valence-electron chi connectivity index (χ1n) is 8.93. The van der Waals surface area contributed by atoms with E-state index in [0.717, 1.165) is 0 Å². The molecule has 0 spiro atoms. The van der Waals surface area contributed by atoms with Crippen LogP contribution >= 0.6 is 0 Å². The third kappa shape index (κ3) is 17.7. The van der Waals surface area contributed by atoms with Crippen molar-refractivity contribution in [2.24, 2.45) is 0 Å². The molecule has 0 aromatic heterocycles. The summed E-state index contributed by atoms with van der Waals surface area (Å²) in [7, 11) is 3.34. The van der Waals surface area contributed by atoms with Crippen molar-refractivity contribution in [3.05, 3.63) is 19.3 Å². The molecule has 0 saturated heterocycles. The molecule has 0 bridgehead atoms. The molecule has 1 heteroatoms. The zero-order chi connectivity index (χ0) is 14.7. The highest BCUT2D eigenvalue weighted by Gasteiger charge is 1.93. The molecule has 0 aromatic rings. The fraction of sp³-hybridized carbons (Fsp3) is 0.842. The van der Waals surface area contributed by atoms with Gasteiger partial charge in [0.2, 0.25) is 0 Å². The summed E-state index contributed by atoms with van der Waals surface area (Å²) in [4.78, 5) is 0. The van der Waals surface area contributed by atoms with Gasteiger partial charge in [0, 0.05) is 0 Å². The minimum absolute atomic E-state index is 0.651. The van der Waals surface area contributed by atoms with E-state index in [4.69, 9.17) is 4.74 Å². The van der Waals surface area contributed by atoms with Gasteiger partial charge < -0.3 is 4.74 Å². The maximum absolute atomic E-state index is 4.72. The average Bonchev–Trinajstić information content (AvgIpc) is 2.47. The fourth-order valence-electron chi connectivity index (χ4n) is 2.53. The van der Waals surface area contributed by atoms with Crippen molar-refractivity contribution < 1.29 is 4.74 Å². The van der Waals surface area contributed by atoms with E-state index in [-0.39, 0.29) is 0 Å². The molecule has 0 rings (SSSR count). The summed E-state index contributed by atoms with van der Waals surface area (Å²) in [5, 5.41) is 0. The summed E-state index contributed by atoms with van der Waals surface area (Å²) in [5.41, 5.74) is 0. The van der Waals surface area contributed by atoms with Crippen LogP contribution in [0.3, 0.4) is 0 Å². The van der Waals surface area contributed by atoms with Gasteiger partial charge in [-0.25, -0.2) is 0 Å². The maximum atomic E-state index is 4.72. The van der Waals surface area contributed by atoms with Gasteiger partial charge in [0.05, 0.1) is 13.7 Å². The summed E-state index contributed by atoms with van der Waals surface area (Å²) in [6, 6.07) is 0.